The SMILES string of the molecule is Cc1cccc(C(=O)N2CCN(C(=O)C3CC3c3ccc(F)cc3)CC2)c1. The van der Waals surface area contributed by atoms with Crippen LogP contribution in [0.4, 0.5) is 4.39 Å². The molecule has 1 aliphatic heterocycles. The number of benzene rings is 2. The third-order valence-corrected chi connectivity index (χ3v) is 5.55. The van der Waals surface area contributed by atoms with Crippen molar-refractivity contribution >= 4 is 11.8 Å². The first-order valence-corrected chi connectivity index (χ1v) is 9.43. The number of carbonyl (C=O) groups is 2. The predicted molar refractivity (Wildman–Crippen MR) is 101 cm³/mol. The Morgan fingerprint density at radius 3 is 2.30 bits per heavy atom. The zero-order chi connectivity index (χ0) is 19.0. The van der Waals surface area contributed by atoms with E-state index in [0.29, 0.717) is 31.7 Å². The number of hydrogen-bond acceptors (Lipinski definition) is 2. The molecule has 1 aliphatic carbocycles. The van der Waals surface area contributed by atoms with Gasteiger partial charge in [0.1, 0.15) is 5.82 Å². The van der Waals surface area contributed by atoms with E-state index in [1.807, 2.05) is 41.0 Å². The number of amides is 2. The quantitative estimate of drug-likeness (QED) is 0.837. The van der Waals surface area contributed by atoms with E-state index in [-0.39, 0.29) is 29.5 Å². The highest BCUT2D eigenvalue weighted by Crippen LogP contribution is 2.48. The van der Waals surface area contributed by atoms with E-state index in [4.69, 9.17) is 0 Å². The van der Waals surface area contributed by atoms with Gasteiger partial charge in [0.25, 0.3) is 5.91 Å². The van der Waals surface area contributed by atoms with E-state index in [2.05, 4.69) is 0 Å². The van der Waals surface area contributed by atoms with Crippen molar-refractivity contribution in [2.75, 3.05) is 26.2 Å². The van der Waals surface area contributed by atoms with Gasteiger partial charge in [-0.2, -0.15) is 0 Å². The van der Waals surface area contributed by atoms with Crippen LogP contribution in [-0.2, 0) is 4.79 Å². The van der Waals surface area contributed by atoms with Crippen molar-refractivity contribution in [1.82, 2.24) is 9.80 Å². The van der Waals surface area contributed by atoms with Crippen molar-refractivity contribution in [3.63, 3.8) is 0 Å². The summed E-state index contributed by atoms with van der Waals surface area (Å²) < 4.78 is 13.1. The molecule has 0 spiro atoms. The maximum atomic E-state index is 13.1. The molecule has 2 unspecified atom stereocenters. The Morgan fingerprint density at radius 1 is 0.963 bits per heavy atom. The smallest absolute Gasteiger partial charge is 0.253 e. The first-order valence-electron chi connectivity index (χ1n) is 9.43. The van der Waals surface area contributed by atoms with Gasteiger partial charge in [-0.25, -0.2) is 4.39 Å². The van der Waals surface area contributed by atoms with Crippen LogP contribution in [0.25, 0.3) is 0 Å². The summed E-state index contributed by atoms with van der Waals surface area (Å²) in [7, 11) is 0. The van der Waals surface area contributed by atoms with Crippen molar-refractivity contribution in [3.05, 3.63) is 71.0 Å². The molecule has 2 aromatic rings. The zero-order valence-electron chi connectivity index (χ0n) is 15.4. The first kappa shape index (κ1) is 17.7. The van der Waals surface area contributed by atoms with Gasteiger partial charge in [-0.05, 0) is 49.1 Å². The molecule has 2 amide bonds. The van der Waals surface area contributed by atoms with Gasteiger partial charge in [0, 0.05) is 37.7 Å². The Balaban J connectivity index is 1.32. The standard InChI is InChI=1S/C22H23FN2O2/c1-15-3-2-4-17(13-15)21(26)24-9-11-25(12-10-24)22(27)20-14-19(20)16-5-7-18(23)8-6-16/h2-8,13,19-20H,9-12,14H2,1H3. The second-order valence-electron chi connectivity index (χ2n) is 7.49. The van der Waals surface area contributed by atoms with Crippen molar-refractivity contribution in [2.45, 2.75) is 19.3 Å². The first-order chi connectivity index (χ1) is 13.0. The lowest BCUT2D eigenvalue weighted by molar-refractivity contribution is -0.134. The number of rotatable bonds is 3. The third kappa shape index (κ3) is 3.72. The topological polar surface area (TPSA) is 40.6 Å². The molecule has 2 aromatic carbocycles. The fourth-order valence-electron chi connectivity index (χ4n) is 3.87. The molecule has 1 saturated carbocycles. The second-order valence-corrected chi connectivity index (χ2v) is 7.49. The van der Waals surface area contributed by atoms with Crippen LogP contribution in [0.15, 0.2) is 48.5 Å². The number of nitrogens with zero attached hydrogens (tertiary/aromatic N) is 2. The highest BCUT2D eigenvalue weighted by Gasteiger charge is 2.46. The molecule has 1 heterocycles. The van der Waals surface area contributed by atoms with Crippen LogP contribution in [0.1, 0.15) is 33.8 Å². The van der Waals surface area contributed by atoms with Gasteiger partial charge >= 0.3 is 0 Å². The Labute approximate surface area is 158 Å². The fourth-order valence-corrected chi connectivity index (χ4v) is 3.87. The molecule has 0 radical (unpaired) electrons. The highest BCUT2D eigenvalue weighted by molar-refractivity contribution is 5.94. The molecule has 0 N–H and O–H groups in total. The van der Waals surface area contributed by atoms with Gasteiger partial charge in [0.2, 0.25) is 5.91 Å². The molecule has 2 fully saturated rings. The fraction of sp³-hybridized carbons (Fsp3) is 0.364. The number of carbonyl (C=O) groups excluding carboxylic acids is 2. The van der Waals surface area contributed by atoms with E-state index < -0.39 is 0 Å². The molecule has 1 saturated heterocycles. The Morgan fingerprint density at radius 2 is 1.63 bits per heavy atom. The van der Waals surface area contributed by atoms with Crippen LogP contribution in [0.2, 0.25) is 0 Å². The van der Waals surface area contributed by atoms with Crippen LogP contribution in [0.3, 0.4) is 0 Å². The zero-order valence-corrected chi connectivity index (χ0v) is 15.4. The number of aryl methyl sites for hydroxylation is 1. The predicted octanol–water partition coefficient (Wildman–Crippen LogP) is 3.22. The minimum absolute atomic E-state index is 0.00511. The normalized spacial score (nSPS) is 21.9. The second kappa shape index (κ2) is 7.14. The summed E-state index contributed by atoms with van der Waals surface area (Å²) in [5, 5.41) is 0. The molecule has 140 valence electrons. The molecule has 4 rings (SSSR count). The van der Waals surface area contributed by atoms with Crippen LogP contribution >= 0.6 is 0 Å². The molecule has 27 heavy (non-hydrogen) atoms. The van der Waals surface area contributed by atoms with Gasteiger partial charge in [-0.1, -0.05) is 29.8 Å². The van der Waals surface area contributed by atoms with E-state index in [1.54, 1.807) is 12.1 Å². The maximum Gasteiger partial charge on any atom is 0.253 e. The van der Waals surface area contributed by atoms with E-state index >= 15 is 0 Å². The maximum absolute atomic E-state index is 13.1. The number of hydrogen-bond donors (Lipinski definition) is 0. The van der Waals surface area contributed by atoms with Crippen molar-refractivity contribution in [1.29, 1.82) is 0 Å². The Bertz CT molecular complexity index is 857. The molecule has 0 bridgehead atoms. The summed E-state index contributed by atoms with van der Waals surface area (Å²) in [5.41, 5.74) is 2.80. The largest absolute Gasteiger partial charge is 0.339 e. The van der Waals surface area contributed by atoms with Gasteiger partial charge in [0.15, 0.2) is 0 Å². The summed E-state index contributed by atoms with van der Waals surface area (Å²) >= 11 is 0. The van der Waals surface area contributed by atoms with Crippen LogP contribution in [-0.4, -0.2) is 47.8 Å². The lowest BCUT2D eigenvalue weighted by Crippen LogP contribution is -2.51. The van der Waals surface area contributed by atoms with E-state index in [0.717, 1.165) is 17.5 Å². The molecular formula is C22H23FN2O2. The van der Waals surface area contributed by atoms with E-state index in [9.17, 15) is 14.0 Å². The highest BCUT2D eigenvalue weighted by atomic mass is 19.1. The van der Waals surface area contributed by atoms with Crippen molar-refractivity contribution in [2.24, 2.45) is 5.92 Å². The van der Waals surface area contributed by atoms with Gasteiger partial charge in [0.05, 0.1) is 0 Å². The molecule has 2 atom stereocenters. The minimum atomic E-state index is -0.253. The van der Waals surface area contributed by atoms with Crippen molar-refractivity contribution < 1.29 is 14.0 Å². The molecule has 0 aromatic heterocycles. The van der Waals surface area contributed by atoms with Crippen LogP contribution in [0, 0.1) is 18.7 Å². The molecule has 5 heteroatoms. The number of piperazine rings is 1. The van der Waals surface area contributed by atoms with Crippen molar-refractivity contribution in [3.8, 4) is 0 Å². The summed E-state index contributed by atoms with van der Waals surface area (Å²) in [4.78, 5) is 29.1. The van der Waals surface area contributed by atoms with E-state index in [1.165, 1.54) is 12.1 Å². The molecule has 4 nitrogen and oxygen atoms in total. The Hall–Kier alpha value is -2.69. The lowest BCUT2D eigenvalue weighted by atomic mass is 10.1. The molecule has 2 aliphatic rings. The van der Waals surface area contributed by atoms with Crippen LogP contribution in [0.5, 0.6) is 0 Å². The number of halogens is 1. The van der Waals surface area contributed by atoms with Crippen LogP contribution < -0.4 is 0 Å². The Kier molecular flexibility index (Phi) is 4.68. The summed E-state index contributed by atoms with van der Waals surface area (Å²) in [6, 6.07) is 14.0. The van der Waals surface area contributed by atoms with Gasteiger partial charge in [-0.15, -0.1) is 0 Å². The summed E-state index contributed by atoms with van der Waals surface area (Å²) in [5.74, 6) is 0.129. The third-order valence-electron chi connectivity index (χ3n) is 5.55. The van der Waals surface area contributed by atoms with Gasteiger partial charge in [-0.3, -0.25) is 9.59 Å². The summed E-state index contributed by atoms with van der Waals surface area (Å²) in [6.07, 6.45) is 0.826. The average Bonchev–Trinajstić information content (AvgIpc) is 3.48. The summed E-state index contributed by atoms with van der Waals surface area (Å²) in [6.45, 7) is 4.24. The average molecular weight is 366 g/mol. The molecular weight excluding hydrogens is 343 g/mol. The monoisotopic (exact) mass is 366 g/mol. The van der Waals surface area contributed by atoms with Gasteiger partial charge < -0.3 is 9.80 Å². The lowest BCUT2D eigenvalue weighted by Gasteiger charge is -2.35. The minimum Gasteiger partial charge on any atom is -0.339 e.